The predicted octanol–water partition coefficient (Wildman–Crippen LogP) is 17.1. The van der Waals surface area contributed by atoms with Gasteiger partial charge in [-0.15, -0.1) is 0 Å². The minimum atomic E-state index is -4.82. The fourth-order valence-electron chi connectivity index (χ4n) is 9.95. The van der Waals surface area contributed by atoms with Gasteiger partial charge in [0.25, 0.3) is 0 Å². The number of rotatable bonds is 7. The summed E-state index contributed by atoms with van der Waals surface area (Å²) in [5.74, 6) is 0. The molecule has 0 bridgehead atoms. The number of pyridine rings is 2. The van der Waals surface area contributed by atoms with E-state index in [0.29, 0.717) is 11.4 Å². The van der Waals surface area contributed by atoms with Crippen molar-refractivity contribution >= 4 is 55.0 Å². The zero-order valence-electron chi connectivity index (χ0n) is 37.0. The van der Waals surface area contributed by atoms with E-state index in [1.807, 2.05) is 161 Å². The SMILES string of the molecule is [C-]#[N+]c1cc(-n2c3ccccc3c3cc(-c4ccnc(-c5ccccc5)c4)ccc32)c(-c2c([N+]#[C-])cccc2C(F)(F)F)cc1-n1c2ccccc2c2cc(-c3ccnc(-c4ccccc4)c3)ccc21. The summed E-state index contributed by atoms with van der Waals surface area (Å²) >= 11 is 0. The van der Waals surface area contributed by atoms with Crippen molar-refractivity contribution in [2.24, 2.45) is 0 Å². The van der Waals surface area contributed by atoms with Crippen LogP contribution in [0.5, 0.6) is 0 Å². The van der Waals surface area contributed by atoms with Gasteiger partial charge < -0.3 is 9.13 Å². The molecule has 12 aromatic rings. The van der Waals surface area contributed by atoms with E-state index >= 15 is 13.2 Å². The molecule has 0 saturated carbocycles. The van der Waals surface area contributed by atoms with E-state index in [1.165, 1.54) is 12.1 Å². The van der Waals surface area contributed by atoms with Crippen molar-refractivity contribution in [3.05, 3.63) is 241 Å². The molecular formula is C61H35F3N6. The van der Waals surface area contributed by atoms with Crippen LogP contribution in [0.25, 0.3) is 121 Å². The van der Waals surface area contributed by atoms with Crippen molar-refractivity contribution in [3.8, 4) is 67.3 Å². The van der Waals surface area contributed by atoms with Crippen molar-refractivity contribution in [2.75, 3.05) is 0 Å². The molecule has 12 rings (SSSR count). The van der Waals surface area contributed by atoms with Crippen LogP contribution in [0.3, 0.4) is 0 Å². The summed E-state index contributed by atoms with van der Waals surface area (Å²) < 4.78 is 50.2. The average Bonchev–Trinajstić information content (AvgIpc) is 3.92. The first-order valence-electron chi connectivity index (χ1n) is 22.5. The molecule has 0 aliphatic heterocycles. The summed E-state index contributed by atoms with van der Waals surface area (Å²) in [5, 5.41) is 3.53. The molecule has 4 aromatic heterocycles. The summed E-state index contributed by atoms with van der Waals surface area (Å²) in [6.07, 6.45) is -1.23. The Bertz CT molecular complexity index is 4140. The zero-order chi connectivity index (χ0) is 47.5. The highest BCUT2D eigenvalue weighted by molar-refractivity contribution is 6.13. The van der Waals surface area contributed by atoms with Gasteiger partial charge in [-0.3, -0.25) is 9.97 Å². The van der Waals surface area contributed by atoms with E-state index in [1.54, 1.807) is 24.5 Å². The van der Waals surface area contributed by atoms with Crippen molar-refractivity contribution < 1.29 is 13.2 Å². The number of alkyl halides is 3. The lowest BCUT2D eigenvalue weighted by atomic mass is 9.94. The second kappa shape index (κ2) is 16.6. The van der Waals surface area contributed by atoms with Crippen molar-refractivity contribution in [3.63, 3.8) is 0 Å². The van der Waals surface area contributed by atoms with Crippen LogP contribution in [-0.2, 0) is 6.18 Å². The van der Waals surface area contributed by atoms with Crippen LogP contribution in [-0.4, -0.2) is 19.1 Å². The molecule has 70 heavy (non-hydrogen) atoms. The topological polar surface area (TPSA) is 44.4 Å². The van der Waals surface area contributed by atoms with Gasteiger partial charge in [0.15, 0.2) is 5.69 Å². The Morgan fingerprint density at radius 1 is 0.386 bits per heavy atom. The van der Waals surface area contributed by atoms with Gasteiger partial charge >= 0.3 is 6.18 Å². The summed E-state index contributed by atoms with van der Waals surface area (Å²) in [6, 6.07) is 62.8. The molecule has 0 atom stereocenters. The molecule has 330 valence electrons. The molecule has 0 aliphatic carbocycles. The summed E-state index contributed by atoms with van der Waals surface area (Å²) in [5.41, 5.74) is 10.1. The molecule has 0 spiro atoms. The number of benzene rings is 8. The lowest BCUT2D eigenvalue weighted by Gasteiger charge is -2.22. The van der Waals surface area contributed by atoms with Crippen LogP contribution >= 0.6 is 0 Å². The summed E-state index contributed by atoms with van der Waals surface area (Å²) in [6.45, 7) is 17.0. The van der Waals surface area contributed by atoms with E-state index in [4.69, 9.17) is 13.1 Å². The number of fused-ring (bicyclic) bond motifs is 6. The van der Waals surface area contributed by atoms with Gasteiger partial charge in [-0.05, 0) is 101 Å². The smallest absolute Gasteiger partial charge is 0.319 e. The number of halogens is 3. The monoisotopic (exact) mass is 908 g/mol. The molecule has 9 heteroatoms. The quantitative estimate of drug-likeness (QED) is 0.150. The van der Waals surface area contributed by atoms with E-state index in [0.717, 1.165) is 94.4 Å². The average molecular weight is 909 g/mol. The van der Waals surface area contributed by atoms with Gasteiger partial charge in [0, 0.05) is 56.3 Å². The second-order valence-electron chi connectivity index (χ2n) is 17.0. The Kier molecular flexibility index (Phi) is 9.94. The normalized spacial score (nSPS) is 11.6. The number of para-hydroxylation sites is 2. The van der Waals surface area contributed by atoms with Crippen LogP contribution in [0.4, 0.5) is 24.5 Å². The van der Waals surface area contributed by atoms with Gasteiger partial charge in [0.2, 0.25) is 5.69 Å². The van der Waals surface area contributed by atoms with E-state index in [-0.39, 0.29) is 22.5 Å². The largest absolute Gasteiger partial charge is 0.415 e. The first-order valence-corrected chi connectivity index (χ1v) is 22.5. The maximum atomic E-state index is 15.4. The standard InChI is InChI=1S/C61H35F3N6/c1-65-50-21-13-20-49(61(62,63)64)60(50)48-36-59(70-55-23-12-10-19-45(55)47-33-41(25-27-57(47)70)43-29-31-68-52(35-43)39-16-7-4-8-17-39)53(66-2)37-58(48)69-54-22-11-9-18-44(54)46-32-40(24-26-56(46)69)42-28-30-67-51(34-42)38-14-5-3-6-15-38/h3-37H. The second-order valence-corrected chi connectivity index (χ2v) is 17.0. The third kappa shape index (κ3) is 6.96. The van der Waals surface area contributed by atoms with Crippen molar-refractivity contribution in [2.45, 2.75) is 6.18 Å². The molecule has 6 nitrogen and oxygen atoms in total. The van der Waals surface area contributed by atoms with Gasteiger partial charge in [0.1, 0.15) is 0 Å². The lowest BCUT2D eigenvalue weighted by molar-refractivity contribution is -0.137. The Morgan fingerprint density at radius 3 is 1.37 bits per heavy atom. The number of nitrogens with zero attached hydrogens (tertiary/aromatic N) is 6. The molecule has 8 aromatic carbocycles. The maximum absolute atomic E-state index is 15.4. The highest BCUT2D eigenvalue weighted by Gasteiger charge is 2.36. The Hall–Kier alpha value is -9.57. The zero-order valence-corrected chi connectivity index (χ0v) is 37.0. The van der Waals surface area contributed by atoms with E-state index < -0.39 is 11.7 Å². The van der Waals surface area contributed by atoms with Crippen LogP contribution in [0, 0.1) is 13.1 Å². The molecule has 0 N–H and O–H groups in total. The molecule has 0 radical (unpaired) electrons. The number of hydrogen-bond donors (Lipinski definition) is 0. The Morgan fingerprint density at radius 2 is 0.857 bits per heavy atom. The molecule has 0 amide bonds. The van der Waals surface area contributed by atoms with Gasteiger partial charge in [-0.1, -0.05) is 127 Å². The van der Waals surface area contributed by atoms with Crippen LogP contribution in [0.1, 0.15) is 5.56 Å². The molecular weight excluding hydrogens is 874 g/mol. The van der Waals surface area contributed by atoms with Gasteiger partial charge in [-0.2, -0.15) is 13.2 Å². The molecule has 4 heterocycles. The molecule has 0 unspecified atom stereocenters. The first-order chi connectivity index (χ1) is 34.3. The number of aromatic nitrogens is 4. The minimum Gasteiger partial charge on any atom is -0.319 e. The fourth-order valence-corrected chi connectivity index (χ4v) is 9.95. The van der Waals surface area contributed by atoms with Crippen LogP contribution in [0.15, 0.2) is 213 Å². The van der Waals surface area contributed by atoms with Gasteiger partial charge in [0.05, 0.1) is 57.8 Å². The van der Waals surface area contributed by atoms with Gasteiger partial charge in [-0.25, -0.2) is 9.69 Å². The van der Waals surface area contributed by atoms with Crippen LogP contribution in [0.2, 0.25) is 0 Å². The highest BCUT2D eigenvalue weighted by Crippen LogP contribution is 2.49. The highest BCUT2D eigenvalue weighted by atomic mass is 19.4. The van der Waals surface area contributed by atoms with Crippen LogP contribution < -0.4 is 0 Å². The van der Waals surface area contributed by atoms with Crippen molar-refractivity contribution in [1.82, 2.24) is 19.1 Å². The fraction of sp³-hybridized carbons (Fsp3) is 0.0164. The van der Waals surface area contributed by atoms with E-state index in [2.05, 4.69) is 37.9 Å². The molecule has 0 aliphatic rings. The third-order valence-corrected chi connectivity index (χ3v) is 13.1. The summed E-state index contributed by atoms with van der Waals surface area (Å²) in [4.78, 5) is 17.1. The maximum Gasteiger partial charge on any atom is 0.415 e. The minimum absolute atomic E-state index is 0.155. The Labute approximate surface area is 400 Å². The number of hydrogen-bond acceptors (Lipinski definition) is 2. The molecule has 0 saturated heterocycles. The summed E-state index contributed by atoms with van der Waals surface area (Å²) in [7, 11) is 0. The first kappa shape index (κ1) is 41.8. The Balaban J connectivity index is 1.11. The lowest BCUT2D eigenvalue weighted by Crippen LogP contribution is -2.09. The van der Waals surface area contributed by atoms with Crippen molar-refractivity contribution in [1.29, 1.82) is 0 Å². The molecule has 0 fully saturated rings. The van der Waals surface area contributed by atoms with E-state index in [9.17, 15) is 0 Å². The third-order valence-electron chi connectivity index (χ3n) is 13.1. The predicted molar refractivity (Wildman–Crippen MR) is 275 cm³/mol.